The van der Waals surface area contributed by atoms with Gasteiger partial charge in [0.25, 0.3) is 0 Å². The molecule has 1 heterocycles. The fourth-order valence-electron chi connectivity index (χ4n) is 0.810. The molecule has 1 aliphatic rings. The highest BCUT2D eigenvalue weighted by molar-refractivity contribution is 4.75. The van der Waals surface area contributed by atoms with Crippen molar-refractivity contribution in [1.29, 1.82) is 0 Å². The maximum atomic E-state index is 5.30. The third-order valence-electron chi connectivity index (χ3n) is 1.37. The normalized spacial score (nSPS) is 36.1. The Balaban J connectivity index is 2.31. The summed E-state index contributed by atoms with van der Waals surface area (Å²) in [5.41, 5.74) is 0. The Labute approximate surface area is 55.5 Å². The Morgan fingerprint density at radius 1 is 1.67 bits per heavy atom. The summed E-state index contributed by atoms with van der Waals surface area (Å²) in [4.78, 5) is 0. The van der Waals surface area contributed by atoms with Crippen molar-refractivity contribution >= 4 is 0 Å². The van der Waals surface area contributed by atoms with Crippen molar-refractivity contribution in [3.8, 4) is 0 Å². The van der Waals surface area contributed by atoms with Gasteiger partial charge < -0.3 is 9.47 Å². The quantitative estimate of drug-likeness (QED) is 0.496. The zero-order chi connectivity index (χ0) is 6.69. The summed E-state index contributed by atoms with van der Waals surface area (Å²) in [5, 5.41) is 0. The summed E-state index contributed by atoms with van der Waals surface area (Å²) in [6.07, 6.45) is 2.82. The van der Waals surface area contributed by atoms with Gasteiger partial charge in [-0.1, -0.05) is 6.58 Å². The Bertz CT molecular complexity index is 101. The molecule has 2 unspecified atom stereocenters. The third kappa shape index (κ3) is 1.80. The van der Waals surface area contributed by atoms with Crippen molar-refractivity contribution in [3.63, 3.8) is 0 Å². The minimum absolute atomic E-state index is 0.172. The lowest BCUT2D eigenvalue weighted by atomic mass is 10.3. The second-order valence-electron chi connectivity index (χ2n) is 2.21. The maximum Gasteiger partial charge on any atom is 0.176 e. The van der Waals surface area contributed by atoms with Gasteiger partial charge in [0.05, 0.1) is 12.7 Å². The number of ether oxygens (including phenoxy) is 2. The van der Waals surface area contributed by atoms with Crippen LogP contribution in [-0.2, 0) is 9.47 Å². The van der Waals surface area contributed by atoms with Gasteiger partial charge in [0, 0.05) is 0 Å². The maximum absolute atomic E-state index is 5.30. The standard InChI is InChI=1S/C7H12O2/c1-3-7-8-5-4-6(2)9-7/h3,6-7H,1,4-5H2,2H3. The van der Waals surface area contributed by atoms with Crippen LogP contribution in [0, 0.1) is 0 Å². The average Bonchev–Trinajstić information content (AvgIpc) is 1.88. The minimum Gasteiger partial charge on any atom is -0.349 e. The largest absolute Gasteiger partial charge is 0.349 e. The molecule has 1 fully saturated rings. The van der Waals surface area contributed by atoms with E-state index in [9.17, 15) is 0 Å². The lowest BCUT2D eigenvalue weighted by Gasteiger charge is -2.25. The topological polar surface area (TPSA) is 18.5 Å². The number of rotatable bonds is 1. The van der Waals surface area contributed by atoms with Crippen LogP contribution < -0.4 is 0 Å². The zero-order valence-electron chi connectivity index (χ0n) is 5.67. The molecule has 0 aromatic rings. The Kier molecular flexibility index (Phi) is 2.25. The van der Waals surface area contributed by atoms with Gasteiger partial charge in [-0.2, -0.15) is 0 Å². The Morgan fingerprint density at radius 3 is 2.89 bits per heavy atom. The van der Waals surface area contributed by atoms with Gasteiger partial charge in [-0.25, -0.2) is 0 Å². The summed E-state index contributed by atoms with van der Waals surface area (Å²) >= 11 is 0. The predicted octanol–water partition coefficient (Wildman–Crippen LogP) is 1.32. The molecule has 0 amide bonds. The van der Waals surface area contributed by atoms with E-state index < -0.39 is 0 Å². The van der Waals surface area contributed by atoms with Crippen molar-refractivity contribution in [2.75, 3.05) is 6.61 Å². The molecule has 1 rings (SSSR count). The molecule has 2 nitrogen and oxygen atoms in total. The monoisotopic (exact) mass is 128 g/mol. The lowest BCUT2D eigenvalue weighted by molar-refractivity contribution is -0.181. The van der Waals surface area contributed by atoms with Gasteiger partial charge in [-0.05, 0) is 19.4 Å². The van der Waals surface area contributed by atoms with Crippen LogP contribution in [0.3, 0.4) is 0 Å². The smallest absolute Gasteiger partial charge is 0.176 e. The first kappa shape index (κ1) is 6.78. The highest BCUT2D eigenvalue weighted by Gasteiger charge is 2.15. The summed E-state index contributed by atoms with van der Waals surface area (Å²) in [7, 11) is 0. The second-order valence-corrected chi connectivity index (χ2v) is 2.21. The molecular weight excluding hydrogens is 116 g/mol. The van der Waals surface area contributed by atoms with Gasteiger partial charge in [0.1, 0.15) is 0 Å². The molecule has 0 N–H and O–H groups in total. The molecule has 1 saturated heterocycles. The third-order valence-corrected chi connectivity index (χ3v) is 1.37. The molecular formula is C7H12O2. The van der Waals surface area contributed by atoms with Crippen molar-refractivity contribution in [3.05, 3.63) is 12.7 Å². The van der Waals surface area contributed by atoms with Gasteiger partial charge in [-0.3, -0.25) is 0 Å². The summed E-state index contributed by atoms with van der Waals surface area (Å²) < 4.78 is 10.5. The molecule has 1 aliphatic heterocycles. The zero-order valence-corrected chi connectivity index (χ0v) is 5.67. The molecule has 2 atom stereocenters. The van der Waals surface area contributed by atoms with Crippen molar-refractivity contribution in [2.45, 2.75) is 25.7 Å². The van der Waals surface area contributed by atoms with Crippen molar-refractivity contribution < 1.29 is 9.47 Å². The van der Waals surface area contributed by atoms with Crippen LogP contribution in [0.1, 0.15) is 13.3 Å². The molecule has 0 spiro atoms. The van der Waals surface area contributed by atoms with Gasteiger partial charge >= 0.3 is 0 Å². The molecule has 0 radical (unpaired) electrons. The first-order valence-corrected chi connectivity index (χ1v) is 3.22. The van der Waals surface area contributed by atoms with Gasteiger partial charge in [0.2, 0.25) is 0 Å². The summed E-state index contributed by atoms with van der Waals surface area (Å²) in [5.74, 6) is 0. The average molecular weight is 128 g/mol. The van der Waals surface area contributed by atoms with Crippen LogP contribution in [0.25, 0.3) is 0 Å². The lowest BCUT2D eigenvalue weighted by Crippen LogP contribution is -2.28. The summed E-state index contributed by atoms with van der Waals surface area (Å²) in [6.45, 7) is 6.40. The Morgan fingerprint density at radius 2 is 2.44 bits per heavy atom. The minimum atomic E-state index is -0.172. The van der Waals surface area contributed by atoms with Crippen LogP contribution in [0.4, 0.5) is 0 Å². The van der Waals surface area contributed by atoms with E-state index in [4.69, 9.17) is 9.47 Å². The van der Waals surface area contributed by atoms with Gasteiger partial charge in [0.15, 0.2) is 6.29 Å². The van der Waals surface area contributed by atoms with E-state index in [0.29, 0.717) is 6.10 Å². The fraction of sp³-hybridized carbons (Fsp3) is 0.714. The highest BCUT2D eigenvalue weighted by Crippen LogP contribution is 2.11. The van der Waals surface area contributed by atoms with Crippen LogP contribution in [0.15, 0.2) is 12.7 Å². The van der Waals surface area contributed by atoms with Crippen LogP contribution in [-0.4, -0.2) is 19.0 Å². The highest BCUT2D eigenvalue weighted by atomic mass is 16.7. The molecule has 52 valence electrons. The van der Waals surface area contributed by atoms with Crippen LogP contribution in [0.5, 0.6) is 0 Å². The van der Waals surface area contributed by atoms with Crippen LogP contribution >= 0.6 is 0 Å². The van der Waals surface area contributed by atoms with Crippen molar-refractivity contribution in [2.24, 2.45) is 0 Å². The number of hydrogen-bond acceptors (Lipinski definition) is 2. The van der Waals surface area contributed by atoms with E-state index in [0.717, 1.165) is 13.0 Å². The second kappa shape index (κ2) is 2.99. The molecule has 0 aromatic heterocycles. The van der Waals surface area contributed by atoms with E-state index >= 15 is 0 Å². The molecule has 0 aromatic carbocycles. The van der Waals surface area contributed by atoms with E-state index in [1.807, 2.05) is 6.92 Å². The van der Waals surface area contributed by atoms with E-state index in [1.54, 1.807) is 6.08 Å². The SMILES string of the molecule is C=CC1OCCC(C)O1. The van der Waals surface area contributed by atoms with Crippen LogP contribution in [0.2, 0.25) is 0 Å². The number of hydrogen-bond donors (Lipinski definition) is 0. The molecule has 0 bridgehead atoms. The first-order valence-electron chi connectivity index (χ1n) is 3.22. The molecule has 0 saturated carbocycles. The van der Waals surface area contributed by atoms with E-state index in [2.05, 4.69) is 6.58 Å². The summed E-state index contributed by atoms with van der Waals surface area (Å²) in [6, 6.07) is 0. The fourth-order valence-corrected chi connectivity index (χ4v) is 0.810. The predicted molar refractivity (Wildman–Crippen MR) is 35.1 cm³/mol. The molecule has 9 heavy (non-hydrogen) atoms. The molecule has 0 aliphatic carbocycles. The molecule has 2 heteroatoms. The van der Waals surface area contributed by atoms with Crippen molar-refractivity contribution in [1.82, 2.24) is 0 Å². The van der Waals surface area contributed by atoms with E-state index in [-0.39, 0.29) is 6.29 Å². The van der Waals surface area contributed by atoms with E-state index in [1.165, 1.54) is 0 Å². The Hall–Kier alpha value is -0.340. The first-order chi connectivity index (χ1) is 4.33. The van der Waals surface area contributed by atoms with Gasteiger partial charge in [-0.15, -0.1) is 0 Å².